The molecule has 0 amide bonds. The first-order valence-electron chi connectivity index (χ1n) is 6.07. The average Bonchev–Trinajstić information content (AvgIpc) is 2.85. The number of hydrogen-bond acceptors (Lipinski definition) is 4. The Labute approximate surface area is 107 Å². The molecule has 0 fully saturated rings. The molecule has 96 valence electrons. The van der Waals surface area contributed by atoms with Gasteiger partial charge in [0.05, 0.1) is 25.2 Å². The second-order valence-corrected chi connectivity index (χ2v) is 4.05. The Morgan fingerprint density at radius 2 is 2.22 bits per heavy atom. The van der Waals surface area contributed by atoms with Crippen LogP contribution in [0.4, 0.5) is 5.69 Å². The second-order valence-electron chi connectivity index (χ2n) is 4.05. The SMILES string of the molecule is CCCn1cc(CNc2ccc(OC)nc2)cn1. The Morgan fingerprint density at radius 3 is 2.89 bits per heavy atom. The van der Waals surface area contributed by atoms with Crippen LogP contribution in [-0.2, 0) is 13.1 Å². The zero-order valence-electron chi connectivity index (χ0n) is 10.8. The third-order valence-corrected chi connectivity index (χ3v) is 2.58. The summed E-state index contributed by atoms with van der Waals surface area (Å²) in [6.07, 6.45) is 6.80. The predicted octanol–water partition coefficient (Wildman–Crippen LogP) is 2.31. The third-order valence-electron chi connectivity index (χ3n) is 2.58. The highest BCUT2D eigenvalue weighted by molar-refractivity contribution is 5.42. The molecule has 2 rings (SSSR count). The zero-order valence-corrected chi connectivity index (χ0v) is 10.8. The fourth-order valence-corrected chi connectivity index (χ4v) is 1.66. The number of anilines is 1. The number of methoxy groups -OCH3 is 1. The van der Waals surface area contributed by atoms with E-state index in [0.29, 0.717) is 5.88 Å². The smallest absolute Gasteiger partial charge is 0.213 e. The van der Waals surface area contributed by atoms with Gasteiger partial charge in [-0.25, -0.2) is 4.98 Å². The third kappa shape index (κ3) is 3.23. The highest BCUT2D eigenvalue weighted by Crippen LogP contribution is 2.12. The molecule has 0 aromatic carbocycles. The van der Waals surface area contributed by atoms with Crippen LogP contribution in [0.2, 0.25) is 0 Å². The van der Waals surface area contributed by atoms with Gasteiger partial charge in [-0.05, 0) is 12.5 Å². The van der Waals surface area contributed by atoms with E-state index in [9.17, 15) is 0 Å². The minimum atomic E-state index is 0.622. The molecule has 0 saturated carbocycles. The average molecular weight is 246 g/mol. The normalized spacial score (nSPS) is 10.3. The molecule has 0 aliphatic heterocycles. The Kier molecular flexibility index (Phi) is 4.17. The number of hydrogen-bond donors (Lipinski definition) is 1. The van der Waals surface area contributed by atoms with Crippen LogP contribution in [0.25, 0.3) is 0 Å². The fourth-order valence-electron chi connectivity index (χ4n) is 1.66. The molecule has 1 N–H and O–H groups in total. The summed E-state index contributed by atoms with van der Waals surface area (Å²) in [7, 11) is 1.61. The van der Waals surface area contributed by atoms with E-state index in [1.807, 2.05) is 23.0 Å². The molecule has 0 radical (unpaired) electrons. The Bertz CT molecular complexity index is 478. The standard InChI is InChI=1S/C13H18N4O/c1-3-6-17-10-11(8-16-17)7-14-12-4-5-13(18-2)15-9-12/h4-5,8-10,14H,3,6-7H2,1-2H3. The van der Waals surface area contributed by atoms with Crippen molar-refractivity contribution in [3.05, 3.63) is 36.3 Å². The van der Waals surface area contributed by atoms with Gasteiger partial charge >= 0.3 is 0 Å². The lowest BCUT2D eigenvalue weighted by molar-refractivity contribution is 0.398. The van der Waals surface area contributed by atoms with Crippen molar-refractivity contribution >= 4 is 5.69 Å². The predicted molar refractivity (Wildman–Crippen MR) is 70.6 cm³/mol. The number of rotatable bonds is 6. The van der Waals surface area contributed by atoms with E-state index in [-0.39, 0.29) is 0 Å². The molecule has 5 heteroatoms. The van der Waals surface area contributed by atoms with Crippen molar-refractivity contribution in [3.63, 3.8) is 0 Å². The van der Waals surface area contributed by atoms with Crippen molar-refractivity contribution in [1.29, 1.82) is 0 Å². The maximum atomic E-state index is 5.01. The summed E-state index contributed by atoms with van der Waals surface area (Å²) in [6, 6.07) is 3.78. The summed E-state index contributed by atoms with van der Waals surface area (Å²) in [5, 5.41) is 7.58. The van der Waals surface area contributed by atoms with Gasteiger partial charge in [-0.15, -0.1) is 0 Å². The summed E-state index contributed by atoms with van der Waals surface area (Å²) in [5.74, 6) is 0.622. The van der Waals surface area contributed by atoms with Gasteiger partial charge in [0.15, 0.2) is 0 Å². The van der Waals surface area contributed by atoms with Crippen molar-refractivity contribution in [2.75, 3.05) is 12.4 Å². The maximum Gasteiger partial charge on any atom is 0.213 e. The van der Waals surface area contributed by atoms with Crippen molar-refractivity contribution in [3.8, 4) is 5.88 Å². The molecule has 2 heterocycles. The second kappa shape index (κ2) is 6.05. The van der Waals surface area contributed by atoms with Crippen LogP contribution in [-0.4, -0.2) is 21.9 Å². The van der Waals surface area contributed by atoms with E-state index in [1.165, 1.54) is 5.56 Å². The molecular formula is C13H18N4O. The van der Waals surface area contributed by atoms with Crippen LogP contribution < -0.4 is 10.1 Å². The highest BCUT2D eigenvalue weighted by atomic mass is 16.5. The minimum Gasteiger partial charge on any atom is -0.481 e. The molecule has 0 unspecified atom stereocenters. The van der Waals surface area contributed by atoms with Crippen LogP contribution in [0.5, 0.6) is 5.88 Å². The van der Waals surface area contributed by atoms with Crippen molar-refractivity contribution in [2.24, 2.45) is 0 Å². The largest absolute Gasteiger partial charge is 0.481 e. The zero-order chi connectivity index (χ0) is 12.8. The number of nitrogens with one attached hydrogen (secondary N) is 1. The number of aryl methyl sites for hydroxylation is 1. The van der Waals surface area contributed by atoms with Crippen LogP contribution in [0.3, 0.4) is 0 Å². The van der Waals surface area contributed by atoms with Crippen LogP contribution in [0, 0.1) is 0 Å². The summed E-state index contributed by atoms with van der Waals surface area (Å²) < 4.78 is 6.97. The Hall–Kier alpha value is -2.04. The molecule has 2 aromatic rings. The van der Waals surface area contributed by atoms with Gasteiger partial charge in [0.1, 0.15) is 0 Å². The number of nitrogens with zero attached hydrogens (tertiary/aromatic N) is 3. The van der Waals surface area contributed by atoms with Crippen molar-refractivity contribution < 1.29 is 4.74 Å². The number of ether oxygens (including phenoxy) is 1. The molecule has 18 heavy (non-hydrogen) atoms. The topological polar surface area (TPSA) is 52.0 Å². The van der Waals surface area contributed by atoms with E-state index in [4.69, 9.17) is 4.74 Å². The molecular weight excluding hydrogens is 228 g/mol. The lowest BCUT2D eigenvalue weighted by Gasteiger charge is -2.04. The molecule has 0 atom stereocenters. The van der Waals surface area contributed by atoms with Crippen molar-refractivity contribution in [1.82, 2.24) is 14.8 Å². The van der Waals surface area contributed by atoms with Gasteiger partial charge in [-0.2, -0.15) is 5.10 Å². The van der Waals surface area contributed by atoms with Gasteiger partial charge < -0.3 is 10.1 Å². The first-order chi connectivity index (χ1) is 8.81. The Morgan fingerprint density at radius 1 is 1.33 bits per heavy atom. The molecule has 0 aliphatic rings. The van der Waals surface area contributed by atoms with Gasteiger partial charge in [0.2, 0.25) is 5.88 Å². The van der Waals surface area contributed by atoms with Crippen LogP contribution in [0.15, 0.2) is 30.7 Å². The van der Waals surface area contributed by atoms with Gasteiger partial charge in [-0.3, -0.25) is 4.68 Å². The number of aromatic nitrogens is 3. The van der Waals surface area contributed by atoms with E-state index in [0.717, 1.165) is 25.2 Å². The van der Waals surface area contributed by atoms with Crippen molar-refractivity contribution in [2.45, 2.75) is 26.4 Å². The summed E-state index contributed by atoms with van der Waals surface area (Å²) in [5.41, 5.74) is 2.14. The van der Waals surface area contributed by atoms with E-state index < -0.39 is 0 Å². The lowest BCUT2D eigenvalue weighted by Crippen LogP contribution is -2.00. The lowest BCUT2D eigenvalue weighted by atomic mass is 10.3. The molecule has 2 aromatic heterocycles. The first kappa shape index (κ1) is 12.4. The van der Waals surface area contributed by atoms with Gasteiger partial charge in [-0.1, -0.05) is 6.92 Å². The number of pyridine rings is 1. The fraction of sp³-hybridized carbons (Fsp3) is 0.385. The van der Waals surface area contributed by atoms with E-state index in [1.54, 1.807) is 13.3 Å². The monoisotopic (exact) mass is 246 g/mol. The highest BCUT2D eigenvalue weighted by Gasteiger charge is 1.99. The molecule has 5 nitrogen and oxygen atoms in total. The van der Waals surface area contributed by atoms with Gasteiger partial charge in [0.25, 0.3) is 0 Å². The summed E-state index contributed by atoms with van der Waals surface area (Å²) in [4.78, 5) is 4.14. The first-order valence-corrected chi connectivity index (χ1v) is 6.07. The molecule has 0 bridgehead atoms. The quantitative estimate of drug-likeness (QED) is 0.849. The summed E-state index contributed by atoms with van der Waals surface area (Å²) in [6.45, 7) is 3.85. The molecule has 0 saturated heterocycles. The molecule has 0 aliphatic carbocycles. The van der Waals surface area contributed by atoms with Crippen LogP contribution >= 0.6 is 0 Å². The van der Waals surface area contributed by atoms with Crippen LogP contribution in [0.1, 0.15) is 18.9 Å². The Balaban J connectivity index is 1.89. The molecule has 0 spiro atoms. The van der Waals surface area contributed by atoms with Gasteiger partial charge in [0, 0.05) is 30.9 Å². The minimum absolute atomic E-state index is 0.622. The van der Waals surface area contributed by atoms with E-state index in [2.05, 4.69) is 28.5 Å². The van der Waals surface area contributed by atoms with E-state index >= 15 is 0 Å². The maximum absolute atomic E-state index is 5.01. The summed E-state index contributed by atoms with van der Waals surface area (Å²) >= 11 is 0.